The van der Waals surface area contributed by atoms with Gasteiger partial charge >= 0.3 is 0 Å². The standard InChI is InChI=1S/C19H22F2N2O2S/c1-15-14-18(21)6-7-19(15)26(24,25)23-12-10-22(11-13-23)9-8-16-2-4-17(20)5-3-16/h2-7,14H,8-13H2,1H3. The summed E-state index contributed by atoms with van der Waals surface area (Å²) in [5, 5.41) is 0. The second-order valence-corrected chi connectivity index (χ2v) is 8.44. The zero-order chi connectivity index (χ0) is 18.7. The highest BCUT2D eigenvalue weighted by atomic mass is 32.2. The molecule has 0 N–H and O–H groups in total. The smallest absolute Gasteiger partial charge is 0.243 e. The monoisotopic (exact) mass is 380 g/mol. The summed E-state index contributed by atoms with van der Waals surface area (Å²) in [6.07, 6.45) is 0.796. The number of rotatable bonds is 5. The SMILES string of the molecule is Cc1cc(F)ccc1S(=O)(=O)N1CCN(CCc2ccc(F)cc2)CC1. The summed E-state index contributed by atoms with van der Waals surface area (Å²) in [5.74, 6) is -0.685. The number of sulfonamides is 1. The maximum Gasteiger partial charge on any atom is 0.243 e. The molecule has 0 amide bonds. The molecule has 1 heterocycles. The van der Waals surface area contributed by atoms with E-state index in [-0.39, 0.29) is 10.7 Å². The van der Waals surface area contributed by atoms with Gasteiger partial charge in [0.1, 0.15) is 11.6 Å². The zero-order valence-corrected chi connectivity index (χ0v) is 15.5. The zero-order valence-electron chi connectivity index (χ0n) is 14.7. The van der Waals surface area contributed by atoms with Gasteiger partial charge in [0.2, 0.25) is 10.0 Å². The van der Waals surface area contributed by atoms with Crippen LogP contribution in [0.4, 0.5) is 8.78 Å². The fourth-order valence-corrected chi connectivity index (χ4v) is 4.80. The molecule has 0 atom stereocenters. The lowest BCUT2D eigenvalue weighted by Crippen LogP contribution is -2.49. The molecule has 4 nitrogen and oxygen atoms in total. The van der Waals surface area contributed by atoms with Gasteiger partial charge in [-0.15, -0.1) is 0 Å². The van der Waals surface area contributed by atoms with Gasteiger partial charge < -0.3 is 4.90 Å². The average molecular weight is 380 g/mol. The lowest BCUT2D eigenvalue weighted by atomic mass is 10.1. The predicted molar refractivity (Wildman–Crippen MR) is 96.4 cm³/mol. The molecule has 0 aromatic heterocycles. The summed E-state index contributed by atoms with van der Waals surface area (Å²) in [4.78, 5) is 2.37. The van der Waals surface area contributed by atoms with Gasteiger partial charge in [0.15, 0.2) is 0 Å². The highest BCUT2D eigenvalue weighted by molar-refractivity contribution is 7.89. The van der Waals surface area contributed by atoms with Gasteiger partial charge in [-0.3, -0.25) is 0 Å². The third kappa shape index (κ3) is 4.28. The Hall–Kier alpha value is -1.83. The maximum atomic E-state index is 13.2. The number of hydrogen-bond acceptors (Lipinski definition) is 3. The van der Waals surface area contributed by atoms with Crippen molar-refractivity contribution in [3.8, 4) is 0 Å². The fraction of sp³-hybridized carbons (Fsp3) is 0.368. The first-order valence-corrected chi connectivity index (χ1v) is 10.0. The summed E-state index contributed by atoms with van der Waals surface area (Å²) in [5.41, 5.74) is 1.48. The van der Waals surface area contributed by atoms with Crippen molar-refractivity contribution >= 4 is 10.0 Å². The molecule has 2 aromatic carbocycles. The summed E-state index contributed by atoms with van der Waals surface area (Å²) in [7, 11) is -3.61. The number of hydrogen-bond donors (Lipinski definition) is 0. The molecule has 3 rings (SSSR count). The van der Waals surface area contributed by atoms with Crippen LogP contribution in [-0.4, -0.2) is 50.3 Å². The summed E-state index contributed by atoms with van der Waals surface area (Å²) in [6, 6.07) is 10.2. The number of halogens is 2. The minimum atomic E-state index is -3.61. The van der Waals surface area contributed by atoms with Gasteiger partial charge in [0.05, 0.1) is 4.90 Å². The molecule has 26 heavy (non-hydrogen) atoms. The van der Waals surface area contributed by atoms with E-state index in [1.165, 1.54) is 34.6 Å². The van der Waals surface area contributed by atoms with Crippen molar-refractivity contribution in [2.24, 2.45) is 0 Å². The van der Waals surface area contributed by atoms with E-state index in [0.717, 1.165) is 18.5 Å². The topological polar surface area (TPSA) is 40.6 Å². The van der Waals surface area contributed by atoms with Crippen LogP contribution < -0.4 is 0 Å². The number of nitrogens with zero attached hydrogens (tertiary/aromatic N) is 2. The van der Waals surface area contributed by atoms with E-state index in [1.807, 2.05) is 0 Å². The van der Waals surface area contributed by atoms with Crippen molar-refractivity contribution in [2.45, 2.75) is 18.2 Å². The van der Waals surface area contributed by atoms with Crippen molar-refractivity contribution in [1.82, 2.24) is 9.21 Å². The second kappa shape index (κ2) is 7.82. The normalized spacial score (nSPS) is 16.7. The van der Waals surface area contributed by atoms with Crippen LogP contribution in [0.3, 0.4) is 0 Å². The molecular formula is C19H22F2N2O2S. The van der Waals surface area contributed by atoms with Gasteiger partial charge in [-0.05, 0) is 54.8 Å². The van der Waals surface area contributed by atoms with E-state index in [0.29, 0.717) is 31.7 Å². The molecule has 1 aliphatic rings. The van der Waals surface area contributed by atoms with Crippen molar-refractivity contribution in [3.05, 3.63) is 65.2 Å². The van der Waals surface area contributed by atoms with Gasteiger partial charge in [0, 0.05) is 32.7 Å². The Bertz CT molecular complexity index is 862. The Morgan fingerprint density at radius 1 is 0.923 bits per heavy atom. The van der Waals surface area contributed by atoms with Crippen LogP contribution in [0.2, 0.25) is 0 Å². The molecule has 0 radical (unpaired) electrons. The third-order valence-electron chi connectivity index (χ3n) is 4.72. The highest BCUT2D eigenvalue weighted by Crippen LogP contribution is 2.22. The minimum absolute atomic E-state index is 0.165. The first-order chi connectivity index (χ1) is 12.4. The van der Waals surface area contributed by atoms with Crippen LogP contribution in [0.25, 0.3) is 0 Å². The van der Waals surface area contributed by atoms with Crippen LogP contribution in [0.5, 0.6) is 0 Å². The lowest BCUT2D eigenvalue weighted by molar-refractivity contribution is 0.190. The third-order valence-corrected chi connectivity index (χ3v) is 6.77. The van der Waals surface area contributed by atoms with E-state index >= 15 is 0 Å². The van der Waals surface area contributed by atoms with E-state index in [9.17, 15) is 17.2 Å². The molecule has 1 saturated heterocycles. The predicted octanol–water partition coefficient (Wildman–Crippen LogP) is 2.82. The first-order valence-electron chi connectivity index (χ1n) is 8.59. The van der Waals surface area contributed by atoms with Crippen LogP contribution in [-0.2, 0) is 16.4 Å². The molecule has 0 spiro atoms. The van der Waals surface area contributed by atoms with E-state index in [4.69, 9.17) is 0 Å². The van der Waals surface area contributed by atoms with Crippen molar-refractivity contribution in [1.29, 1.82) is 0 Å². The average Bonchev–Trinajstić information content (AvgIpc) is 2.61. The van der Waals surface area contributed by atoms with Crippen molar-refractivity contribution in [3.63, 3.8) is 0 Å². The molecule has 0 aliphatic carbocycles. The van der Waals surface area contributed by atoms with E-state index in [1.54, 1.807) is 19.1 Å². The van der Waals surface area contributed by atoms with E-state index in [2.05, 4.69) is 4.90 Å². The fourth-order valence-electron chi connectivity index (χ4n) is 3.17. The maximum absolute atomic E-state index is 13.2. The molecule has 0 bridgehead atoms. The molecule has 0 saturated carbocycles. The largest absolute Gasteiger partial charge is 0.300 e. The van der Waals surface area contributed by atoms with Crippen LogP contribution in [0, 0.1) is 18.6 Å². The molecule has 1 fully saturated rings. The summed E-state index contributed by atoms with van der Waals surface area (Å²) in [6.45, 7) is 4.50. The van der Waals surface area contributed by atoms with Gasteiger partial charge in [0.25, 0.3) is 0 Å². The Morgan fingerprint density at radius 3 is 2.15 bits per heavy atom. The van der Waals surface area contributed by atoms with Gasteiger partial charge in [-0.2, -0.15) is 4.31 Å². The highest BCUT2D eigenvalue weighted by Gasteiger charge is 2.29. The molecule has 2 aromatic rings. The Kier molecular flexibility index (Phi) is 5.70. The Balaban J connectivity index is 1.58. The molecular weight excluding hydrogens is 358 g/mol. The minimum Gasteiger partial charge on any atom is -0.300 e. The molecule has 1 aliphatic heterocycles. The van der Waals surface area contributed by atoms with Gasteiger partial charge in [-0.25, -0.2) is 17.2 Å². The quantitative estimate of drug-likeness (QED) is 0.801. The number of piperazine rings is 1. The lowest BCUT2D eigenvalue weighted by Gasteiger charge is -2.34. The molecule has 140 valence electrons. The number of benzene rings is 2. The van der Waals surface area contributed by atoms with Crippen molar-refractivity contribution < 1.29 is 17.2 Å². The molecule has 7 heteroatoms. The molecule has 0 unspecified atom stereocenters. The first kappa shape index (κ1) is 18.9. The Labute approximate surface area is 153 Å². The van der Waals surface area contributed by atoms with Crippen LogP contribution >= 0.6 is 0 Å². The van der Waals surface area contributed by atoms with E-state index < -0.39 is 15.8 Å². The van der Waals surface area contributed by atoms with Gasteiger partial charge in [-0.1, -0.05) is 12.1 Å². The Morgan fingerprint density at radius 2 is 1.54 bits per heavy atom. The number of aryl methyl sites for hydroxylation is 1. The summed E-state index contributed by atoms with van der Waals surface area (Å²) >= 11 is 0. The van der Waals surface area contributed by atoms with Crippen LogP contribution in [0.15, 0.2) is 47.4 Å². The van der Waals surface area contributed by atoms with Crippen LogP contribution in [0.1, 0.15) is 11.1 Å². The summed E-state index contributed by atoms with van der Waals surface area (Å²) < 4.78 is 53.2. The van der Waals surface area contributed by atoms with Crippen molar-refractivity contribution in [2.75, 3.05) is 32.7 Å². The second-order valence-electron chi connectivity index (χ2n) is 6.53.